The van der Waals surface area contributed by atoms with Gasteiger partial charge in [0.1, 0.15) is 0 Å². The molecule has 150 valence electrons. The van der Waals surface area contributed by atoms with Gasteiger partial charge in [-0.2, -0.15) is 0 Å². The van der Waals surface area contributed by atoms with Crippen LogP contribution < -0.4 is 22.5 Å². The van der Waals surface area contributed by atoms with Crippen molar-refractivity contribution in [1.82, 2.24) is 10.9 Å². The van der Waals surface area contributed by atoms with Crippen molar-refractivity contribution in [2.45, 2.75) is 0 Å². The molecule has 2 amide bonds. The summed E-state index contributed by atoms with van der Waals surface area (Å²) in [6.07, 6.45) is 0. The second kappa shape index (κ2) is 8.91. The molecule has 0 atom stereocenters. The number of carbonyl (C=O) groups is 4. The van der Waals surface area contributed by atoms with Gasteiger partial charge in [0.2, 0.25) is 0 Å². The first-order valence-corrected chi connectivity index (χ1v) is 8.87. The number of amides is 2. The van der Waals surface area contributed by atoms with Gasteiger partial charge in [-0.3, -0.25) is 30.0 Å². The zero-order valence-corrected chi connectivity index (χ0v) is 15.7. The van der Waals surface area contributed by atoms with Crippen molar-refractivity contribution in [3.8, 4) is 0 Å². The molecule has 0 aliphatic heterocycles. The maximum atomic E-state index is 13.1. The van der Waals surface area contributed by atoms with Crippen LogP contribution in [0.1, 0.15) is 52.6 Å². The van der Waals surface area contributed by atoms with Gasteiger partial charge >= 0.3 is 0 Å². The van der Waals surface area contributed by atoms with E-state index in [1.807, 2.05) is 10.9 Å². The Morgan fingerprint density at radius 3 is 1.20 bits per heavy atom. The first kappa shape index (κ1) is 20.6. The molecule has 0 heterocycles. The summed E-state index contributed by atoms with van der Waals surface area (Å²) in [5, 5.41) is 0. The highest BCUT2D eigenvalue weighted by Gasteiger charge is 2.26. The van der Waals surface area contributed by atoms with Crippen molar-refractivity contribution < 1.29 is 19.2 Å². The number of nitrogens with two attached hydrogens (primary N) is 2. The van der Waals surface area contributed by atoms with Gasteiger partial charge in [0.25, 0.3) is 11.8 Å². The number of hydrogen-bond acceptors (Lipinski definition) is 6. The van der Waals surface area contributed by atoms with Crippen LogP contribution in [0.5, 0.6) is 0 Å². The smallest absolute Gasteiger partial charge is 0.265 e. The molecule has 0 bridgehead atoms. The van der Waals surface area contributed by atoms with Gasteiger partial charge in [0, 0.05) is 22.3 Å². The third-order valence-corrected chi connectivity index (χ3v) is 4.47. The van der Waals surface area contributed by atoms with E-state index in [0.717, 1.165) is 6.07 Å². The van der Waals surface area contributed by atoms with E-state index >= 15 is 0 Å². The molecule has 6 N–H and O–H groups in total. The normalized spacial score (nSPS) is 10.2. The summed E-state index contributed by atoms with van der Waals surface area (Å²) in [6, 6.07) is 18.8. The zero-order chi connectivity index (χ0) is 21.7. The van der Waals surface area contributed by atoms with Crippen LogP contribution in [-0.2, 0) is 0 Å². The van der Waals surface area contributed by atoms with Crippen molar-refractivity contribution in [3.63, 3.8) is 0 Å². The molecule has 0 aliphatic carbocycles. The van der Waals surface area contributed by atoms with E-state index in [-0.39, 0.29) is 22.3 Å². The number of ketones is 2. The monoisotopic (exact) mass is 402 g/mol. The van der Waals surface area contributed by atoms with Gasteiger partial charge in [0.05, 0.1) is 11.1 Å². The third-order valence-electron chi connectivity index (χ3n) is 4.47. The van der Waals surface area contributed by atoms with Crippen LogP contribution in [0.2, 0.25) is 0 Å². The number of nitrogen functional groups attached to an aromatic ring is 2. The fourth-order valence-corrected chi connectivity index (χ4v) is 3.00. The van der Waals surface area contributed by atoms with Gasteiger partial charge in [-0.25, -0.2) is 11.7 Å². The lowest BCUT2D eigenvalue weighted by atomic mass is 9.89. The Labute approximate surface area is 171 Å². The third kappa shape index (κ3) is 4.00. The van der Waals surface area contributed by atoms with Crippen molar-refractivity contribution in [2.75, 3.05) is 0 Å². The molecular weight excluding hydrogens is 384 g/mol. The van der Waals surface area contributed by atoms with Gasteiger partial charge in [-0.15, -0.1) is 0 Å². The molecule has 0 radical (unpaired) electrons. The predicted molar refractivity (Wildman–Crippen MR) is 109 cm³/mol. The molecule has 3 aromatic carbocycles. The SMILES string of the molecule is NNC(=O)c1cc(C(=O)NN)c(C(=O)c2ccccc2)cc1C(=O)c1ccccc1. The maximum absolute atomic E-state index is 13.1. The number of benzene rings is 3. The number of carbonyl (C=O) groups excluding carboxylic acids is 4. The molecule has 0 aliphatic rings. The molecule has 3 aromatic rings. The average Bonchev–Trinajstić information content (AvgIpc) is 2.82. The molecule has 3 rings (SSSR count). The molecule has 30 heavy (non-hydrogen) atoms. The Hall–Kier alpha value is -4.14. The minimum atomic E-state index is -0.793. The van der Waals surface area contributed by atoms with E-state index in [2.05, 4.69) is 0 Å². The lowest BCUT2D eigenvalue weighted by Crippen LogP contribution is -2.34. The van der Waals surface area contributed by atoms with Crippen LogP contribution in [0, 0.1) is 0 Å². The highest BCUT2D eigenvalue weighted by molar-refractivity contribution is 6.21. The van der Waals surface area contributed by atoms with E-state index < -0.39 is 23.4 Å². The first-order chi connectivity index (χ1) is 14.5. The maximum Gasteiger partial charge on any atom is 0.265 e. The van der Waals surface area contributed by atoms with Crippen LogP contribution in [-0.4, -0.2) is 23.4 Å². The molecule has 0 spiro atoms. The zero-order valence-electron chi connectivity index (χ0n) is 15.7. The Morgan fingerprint density at radius 2 is 0.867 bits per heavy atom. The van der Waals surface area contributed by atoms with Gasteiger partial charge < -0.3 is 0 Å². The predicted octanol–water partition coefficient (Wildman–Crippen LogP) is 1.36. The second-order valence-corrected chi connectivity index (χ2v) is 6.28. The highest BCUT2D eigenvalue weighted by atomic mass is 16.2. The molecule has 0 saturated heterocycles. The summed E-state index contributed by atoms with van der Waals surface area (Å²) in [4.78, 5) is 50.9. The largest absolute Gasteiger partial charge is 0.290 e. The molecule has 0 fully saturated rings. The van der Waals surface area contributed by atoms with Crippen molar-refractivity contribution in [2.24, 2.45) is 11.7 Å². The van der Waals surface area contributed by atoms with Crippen molar-refractivity contribution in [1.29, 1.82) is 0 Å². The lowest BCUT2D eigenvalue weighted by Gasteiger charge is -2.14. The molecule has 0 saturated carbocycles. The fraction of sp³-hybridized carbons (Fsp3) is 0. The van der Waals surface area contributed by atoms with E-state index in [1.165, 1.54) is 6.07 Å². The van der Waals surface area contributed by atoms with Crippen LogP contribution >= 0.6 is 0 Å². The summed E-state index contributed by atoms with van der Waals surface area (Å²) in [5.74, 6) is 7.92. The molecule has 8 heteroatoms. The van der Waals surface area contributed by atoms with Crippen LogP contribution in [0.3, 0.4) is 0 Å². The Balaban J connectivity index is 2.27. The first-order valence-electron chi connectivity index (χ1n) is 8.87. The standard InChI is InChI=1S/C22H18N4O4/c23-25-21(29)17-12-18(22(30)26-24)16(20(28)14-9-5-2-6-10-14)11-15(17)19(27)13-7-3-1-4-8-13/h1-12H,23-24H2,(H,25,29)(H,26,30). The van der Waals surface area contributed by atoms with Crippen LogP contribution in [0.4, 0.5) is 0 Å². The summed E-state index contributed by atoms with van der Waals surface area (Å²) >= 11 is 0. The van der Waals surface area contributed by atoms with Crippen molar-refractivity contribution >= 4 is 23.4 Å². The Kier molecular flexibility index (Phi) is 6.11. The average molecular weight is 402 g/mol. The Bertz CT molecular complexity index is 1040. The highest BCUT2D eigenvalue weighted by Crippen LogP contribution is 2.23. The molecular formula is C22H18N4O4. The Morgan fingerprint density at radius 1 is 0.533 bits per heavy atom. The van der Waals surface area contributed by atoms with Gasteiger partial charge in [-0.1, -0.05) is 60.7 Å². The topological polar surface area (TPSA) is 144 Å². The molecule has 8 nitrogen and oxygen atoms in total. The number of nitrogens with one attached hydrogen (secondary N) is 2. The van der Waals surface area contributed by atoms with E-state index in [1.54, 1.807) is 60.7 Å². The summed E-state index contributed by atoms with van der Waals surface area (Å²) < 4.78 is 0. The summed E-state index contributed by atoms with van der Waals surface area (Å²) in [6.45, 7) is 0. The number of hydrazine groups is 2. The van der Waals surface area contributed by atoms with Crippen LogP contribution in [0.15, 0.2) is 72.8 Å². The number of hydrogen-bond donors (Lipinski definition) is 4. The minimum Gasteiger partial charge on any atom is -0.290 e. The van der Waals surface area contributed by atoms with Gasteiger partial charge in [0.15, 0.2) is 11.6 Å². The van der Waals surface area contributed by atoms with Crippen molar-refractivity contribution in [3.05, 3.63) is 106 Å². The van der Waals surface area contributed by atoms with E-state index in [9.17, 15) is 19.2 Å². The quantitative estimate of drug-likeness (QED) is 0.212. The van der Waals surface area contributed by atoms with E-state index in [0.29, 0.717) is 11.1 Å². The summed E-state index contributed by atoms with van der Waals surface area (Å²) in [5.41, 5.74) is 4.05. The van der Waals surface area contributed by atoms with Crippen LogP contribution in [0.25, 0.3) is 0 Å². The fourth-order valence-electron chi connectivity index (χ4n) is 3.00. The van der Waals surface area contributed by atoms with E-state index in [4.69, 9.17) is 11.7 Å². The molecule has 0 aromatic heterocycles. The number of rotatable bonds is 6. The lowest BCUT2D eigenvalue weighted by molar-refractivity contribution is 0.0935. The minimum absolute atomic E-state index is 0.0722. The summed E-state index contributed by atoms with van der Waals surface area (Å²) in [7, 11) is 0. The van der Waals surface area contributed by atoms with Gasteiger partial charge in [-0.05, 0) is 12.1 Å². The molecule has 0 unspecified atom stereocenters. The second-order valence-electron chi connectivity index (χ2n) is 6.28.